The maximum Gasteiger partial charge on any atom is 0.0700 e. The van der Waals surface area contributed by atoms with Crippen molar-refractivity contribution in [1.82, 2.24) is 4.90 Å². The second-order valence-electron chi connectivity index (χ2n) is 4.21. The molecule has 1 aliphatic heterocycles. The number of halogens is 1. The Balaban J connectivity index is 0.00000225. The second-order valence-corrected chi connectivity index (χ2v) is 4.21. The van der Waals surface area contributed by atoms with Crippen molar-refractivity contribution in [3.63, 3.8) is 0 Å². The fraction of sp³-hybridized carbons (Fsp3) is 1.00. The number of hydrogen-bond donors (Lipinski definition) is 0. The van der Waals surface area contributed by atoms with Gasteiger partial charge in [-0.15, -0.1) is 24.0 Å². The topological polar surface area (TPSA) is 21.7 Å². The summed E-state index contributed by atoms with van der Waals surface area (Å²) in [5.74, 6) is 0. The fourth-order valence-electron chi connectivity index (χ4n) is 1.99. The highest BCUT2D eigenvalue weighted by atomic mass is 127. The van der Waals surface area contributed by atoms with Gasteiger partial charge in [0, 0.05) is 20.3 Å². The lowest BCUT2D eigenvalue weighted by Crippen LogP contribution is -2.26. The Hall–Kier alpha value is 0.610. The minimum Gasteiger partial charge on any atom is -0.382 e. The van der Waals surface area contributed by atoms with Crippen LogP contribution in [0.5, 0.6) is 0 Å². The van der Waals surface area contributed by atoms with Crippen LogP contribution in [0.3, 0.4) is 0 Å². The van der Waals surface area contributed by atoms with Crippen LogP contribution >= 0.6 is 24.0 Å². The maximum absolute atomic E-state index is 5.44. The monoisotopic (exact) mass is 343 g/mol. The quantitative estimate of drug-likeness (QED) is 0.524. The number of likely N-dealkylation sites (tertiary alicyclic amines) is 1. The van der Waals surface area contributed by atoms with Gasteiger partial charge in [0.1, 0.15) is 0 Å². The lowest BCUT2D eigenvalue weighted by Gasteiger charge is -2.19. The van der Waals surface area contributed by atoms with Crippen LogP contribution in [0.4, 0.5) is 0 Å². The highest BCUT2D eigenvalue weighted by Crippen LogP contribution is 2.09. The van der Waals surface area contributed by atoms with Crippen LogP contribution in [0.1, 0.15) is 32.1 Å². The molecule has 0 aromatic carbocycles. The molecule has 0 aromatic heterocycles. The zero-order valence-electron chi connectivity index (χ0n) is 10.5. The van der Waals surface area contributed by atoms with E-state index in [1.54, 1.807) is 7.11 Å². The van der Waals surface area contributed by atoms with Gasteiger partial charge in [-0.2, -0.15) is 0 Å². The summed E-state index contributed by atoms with van der Waals surface area (Å²) in [5, 5.41) is 0. The third-order valence-corrected chi connectivity index (χ3v) is 2.89. The predicted octanol–water partition coefficient (Wildman–Crippen LogP) is 2.53. The molecule has 16 heavy (non-hydrogen) atoms. The van der Waals surface area contributed by atoms with Gasteiger partial charge in [0.2, 0.25) is 0 Å². The molecule has 0 atom stereocenters. The van der Waals surface area contributed by atoms with Crippen molar-refractivity contribution >= 4 is 24.0 Å². The highest BCUT2D eigenvalue weighted by Gasteiger charge is 2.07. The van der Waals surface area contributed by atoms with E-state index in [0.29, 0.717) is 6.61 Å². The average Bonchev–Trinajstić information content (AvgIpc) is 2.52. The molecule has 3 nitrogen and oxygen atoms in total. The fourth-order valence-corrected chi connectivity index (χ4v) is 1.99. The van der Waals surface area contributed by atoms with E-state index in [9.17, 15) is 0 Å². The standard InChI is InChI=1S/C12H25NO2.HI/c1-14-11-12-15-10-6-9-13-7-4-2-3-5-8-13;/h2-12H2,1H3;1H. The van der Waals surface area contributed by atoms with Crippen molar-refractivity contribution in [3.05, 3.63) is 0 Å². The average molecular weight is 343 g/mol. The molecule has 1 heterocycles. The lowest BCUT2D eigenvalue weighted by molar-refractivity contribution is 0.0654. The number of ether oxygens (including phenoxy) is 2. The van der Waals surface area contributed by atoms with Crippen LogP contribution in [0.25, 0.3) is 0 Å². The third kappa shape index (κ3) is 8.73. The molecule has 0 spiro atoms. The van der Waals surface area contributed by atoms with Crippen LogP contribution in [-0.2, 0) is 9.47 Å². The van der Waals surface area contributed by atoms with Gasteiger partial charge in [0.25, 0.3) is 0 Å². The summed E-state index contributed by atoms with van der Waals surface area (Å²) in [5.41, 5.74) is 0. The van der Waals surface area contributed by atoms with E-state index in [4.69, 9.17) is 9.47 Å². The van der Waals surface area contributed by atoms with Gasteiger partial charge < -0.3 is 14.4 Å². The number of rotatable bonds is 7. The lowest BCUT2D eigenvalue weighted by atomic mass is 10.2. The summed E-state index contributed by atoms with van der Waals surface area (Å²) in [7, 11) is 1.71. The van der Waals surface area contributed by atoms with Gasteiger partial charge in [-0.1, -0.05) is 12.8 Å². The normalized spacial score (nSPS) is 17.8. The zero-order chi connectivity index (χ0) is 10.8. The van der Waals surface area contributed by atoms with Gasteiger partial charge in [-0.05, 0) is 32.4 Å². The van der Waals surface area contributed by atoms with E-state index in [2.05, 4.69) is 4.90 Å². The van der Waals surface area contributed by atoms with E-state index in [0.717, 1.165) is 19.6 Å². The largest absolute Gasteiger partial charge is 0.382 e. The second kappa shape index (κ2) is 12.1. The molecule has 1 rings (SSSR count). The van der Waals surface area contributed by atoms with Crippen molar-refractivity contribution in [2.45, 2.75) is 32.1 Å². The molecule has 0 unspecified atom stereocenters. The van der Waals surface area contributed by atoms with Crippen molar-refractivity contribution < 1.29 is 9.47 Å². The molecule has 0 aromatic rings. The molecule has 1 saturated heterocycles. The number of hydrogen-bond acceptors (Lipinski definition) is 3. The van der Waals surface area contributed by atoms with Crippen molar-refractivity contribution in [3.8, 4) is 0 Å². The zero-order valence-corrected chi connectivity index (χ0v) is 12.8. The minimum atomic E-state index is 0. The molecule has 1 fully saturated rings. The Morgan fingerprint density at radius 1 is 0.938 bits per heavy atom. The summed E-state index contributed by atoms with van der Waals surface area (Å²) >= 11 is 0. The molecule has 0 aliphatic carbocycles. The third-order valence-electron chi connectivity index (χ3n) is 2.89. The van der Waals surface area contributed by atoms with Crippen LogP contribution in [-0.4, -0.2) is 51.5 Å². The summed E-state index contributed by atoms with van der Waals surface area (Å²) in [6.07, 6.45) is 6.75. The van der Waals surface area contributed by atoms with Gasteiger partial charge in [0.05, 0.1) is 13.2 Å². The van der Waals surface area contributed by atoms with Gasteiger partial charge in [0.15, 0.2) is 0 Å². The van der Waals surface area contributed by atoms with E-state index < -0.39 is 0 Å². The van der Waals surface area contributed by atoms with Crippen molar-refractivity contribution in [1.29, 1.82) is 0 Å². The number of nitrogens with zero attached hydrogens (tertiary/aromatic N) is 1. The molecule has 0 saturated carbocycles. The van der Waals surface area contributed by atoms with E-state index in [1.807, 2.05) is 0 Å². The maximum atomic E-state index is 5.44. The summed E-state index contributed by atoms with van der Waals surface area (Å²) in [6, 6.07) is 0. The molecule has 0 radical (unpaired) electrons. The molecule has 0 amide bonds. The first-order valence-corrected chi connectivity index (χ1v) is 6.22. The molecular formula is C12H26INO2. The molecule has 0 N–H and O–H groups in total. The van der Waals surface area contributed by atoms with Crippen molar-refractivity contribution in [2.24, 2.45) is 0 Å². The summed E-state index contributed by atoms with van der Waals surface area (Å²) < 4.78 is 10.4. The Labute approximate surface area is 117 Å². The Bertz CT molecular complexity index is 139. The predicted molar refractivity (Wildman–Crippen MR) is 77.6 cm³/mol. The van der Waals surface area contributed by atoms with Crippen LogP contribution in [0, 0.1) is 0 Å². The molecule has 4 heteroatoms. The van der Waals surface area contributed by atoms with Crippen LogP contribution in [0.2, 0.25) is 0 Å². The minimum absolute atomic E-state index is 0. The van der Waals surface area contributed by atoms with E-state index in [-0.39, 0.29) is 24.0 Å². The molecule has 0 bridgehead atoms. The van der Waals surface area contributed by atoms with Gasteiger partial charge >= 0.3 is 0 Å². The summed E-state index contributed by atoms with van der Waals surface area (Å²) in [6.45, 7) is 6.10. The molecule has 98 valence electrons. The first kappa shape index (κ1) is 16.6. The highest BCUT2D eigenvalue weighted by molar-refractivity contribution is 14.0. The first-order valence-electron chi connectivity index (χ1n) is 6.22. The molecule has 1 aliphatic rings. The Morgan fingerprint density at radius 2 is 1.62 bits per heavy atom. The van der Waals surface area contributed by atoms with Gasteiger partial charge in [-0.25, -0.2) is 0 Å². The Morgan fingerprint density at radius 3 is 2.25 bits per heavy atom. The molecular weight excluding hydrogens is 317 g/mol. The SMILES string of the molecule is COCCOCCCN1CCCCCC1.I. The number of methoxy groups -OCH3 is 1. The first-order chi connectivity index (χ1) is 7.43. The van der Waals surface area contributed by atoms with Crippen LogP contribution in [0.15, 0.2) is 0 Å². The van der Waals surface area contributed by atoms with Crippen molar-refractivity contribution in [2.75, 3.05) is 46.6 Å². The van der Waals surface area contributed by atoms with Gasteiger partial charge in [-0.3, -0.25) is 0 Å². The van der Waals surface area contributed by atoms with E-state index >= 15 is 0 Å². The summed E-state index contributed by atoms with van der Waals surface area (Å²) in [4.78, 5) is 2.58. The van der Waals surface area contributed by atoms with Crippen LogP contribution < -0.4 is 0 Å². The smallest absolute Gasteiger partial charge is 0.0700 e. The van der Waals surface area contributed by atoms with E-state index in [1.165, 1.54) is 45.3 Å². The Kier molecular flexibility index (Phi) is 12.5.